The molecular formula is C22H20FNO3. The zero-order valence-corrected chi connectivity index (χ0v) is 15.1. The summed E-state index contributed by atoms with van der Waals surface area (Å²) in [5.74, 6) is 5.25. The Morgan fingerprint density at radius 3 is 2.67 bits per heavy atom. The predicted molar refractivity (Wildman–Crippen MR) is 99.3 cm³/mol. The molecule has 1 aliphatic carbocycles. The molecule has 1 saturated heterocycles. The van der Waals surface area contributed by atoms with Crippen molar-refractivity contribution in [3.63, 3.8) is 0 Å². The highest BCUT2D eigenvalue weighted by Crippen LogP contribution is 2.43. The second-order valence-electron chi connectivity index (χ2n) is 7.47. The number of methoxy groups -OCH3 is 1. The van der Waals surface area contributed by atoms with Crippen molar-refractivity contribution in [1.29, 1.82) is 0 Å². The largest absolute Gasteiger partial charge is 0.497 e. The Kier molecular flexibility index (Phi) is 4.37. The minimum atomic E-state index is -0.774. The highest BCUT2D eigenvalue weighted by atomic mass is 19.1. The molecule has 0 saturated carbocycles. The lowest BCUT2D eigenvalue weighted by molar-refractivity contribution is -0.141. The van der Waals surface area contributed by atoms with E-state index in [0.717, 1.165) is 31.5 Å². The number of carbonyl (C=O) groups is 1. The number of ether oxygens (including phenoxy) is 1. The van der Waals surface area contributed by atoms with Crippen molar-refractivity contribution in [3.05, 3.63) is 64.5 Å². The van der Waals surface area contributed by atoms with E-state index in [1.165, 1.54) is 24.3 Å². The van der Waals surface area contributed by atoms with Gasteiger partial charge in [0, 0.05) is 30.1 Å². The van der Waals surface area contributed by atoms with E-state index in [9.17, 15) is 9.18 Å². The molecule has 1 N–H and O–H groups in total. The third kappa shape index (κ3) is 3.54. The number of benzene rings is 2. The van der Waals surface area contributed by atoms with Crippen LogP contribution in [0.4, 0.5) is 4.39 Å². The number of likely N-dealkylation sites (tertiary alicyclic amines) is 1. The molecule has 0 unspecified atom stereocenters. The second-order valence-corrected chi connectivity index (χ2v) is 7.47. The van der Waals surface area contributed by atoms with Crippen LogP contribution in [0.3, 0.4) is 0 Å². The predicted octanol–water partition coefficient (Wildman–Crippen LogP) is 2.72. The van der Waals surface area contributed by atoms with E-state index in [2.05, 4.69) is 24.0 Å². The van der Waals surface area contributed by atoms with Gasteiger partial charge in [0.1, 0.15) is 11.6 Å². The average molecular weight is 365 g/mol. The van der Waals surface area contributed by atoms with Gasteiger partial charge in [-0.25, -0.2) is 4.39 Å². The molecule has 27 heavy (non-hydrogen) atoms. The van der Waals surface area contributed by atoms with Crippen LogP contribution in [-0.2, 0) is 17.6 Å². The van der Waals surface area contributed by atoms with Crippen LogP contribution in [0, 0.1) is 23.1 Å². The molecule has 4 nitrogen and oxygen atoms in total. The quantitative estimate of drug-likeness (QED) is 0.850. The number of aliphatic carboxylic acids is 1. The Morgan fingerprint density at radius 2 is 1.96 bits per heavy atom. The molecule has 0 radical (unpaired) electrons. The number of carboxylic acid groups (broad SMARTS) is 1. The van der Waals surface area contributed by atoms with Crippen molar-refractivity contribution < 1.29 is 19.0 Å². The Morgan fingerprint density at radius 1 is 1.19 bits per heavy atom. The third-order valence-corrected chi connectivity index (χ3v) is 5.33. The number of halogens is 1. The zero-order valence-electron chi connectivity index (χ0n) is 15.1. The summed E-state index contributed by atoms with van der Waals surface area (Å²) in [7, 11) is 1.50. The van der Waals surface area contributed by atoms with Crippen LogP contribution in [-0.4, -0.2) is 42.7 Å². The topological polar surface area (TPSA) is 49.8 Å². The van der Waals surface area contributed by atoms with Crippen LogP contribution >= 0.6 is 0 Å². The van der Waals surface area contributed by atoms with Gasteiger partial charge < -0.3 is 9.84 Å². The average Bonchev–Trinajstić information content (AvgIpc) is 2.98. The monoisotopic (exact) mass is 365 g/mol. The van der Waals surface area contributed by atoms with Gasteiger partial charge >= 0.3 is 5.97 Å². The van der Waals surface area contributed by atoms with E-state index in [-0.39, 0.29) is 12.0 Å². The van der Waals surface area contributed by atoms with E-state index >= 15 is 0 Å². The molecular weight excluding hydrogens is 345 g/mol. The Balaban J connectivity index is 1.47. The number of carboxylic acids is 1. The van der Waals surface area contributed by atoms with Gasteiger partial charge in [-0.3, -0.25) is 9.69 Å². The van der Waals surface area contributed by atoms with Crippen LogP contribution in [0.25, 0.3) is 0 Å². The van der Waals surface area contributed by atoms with Gasteiger partial charge in [0.15, 0.2) is 0 Å². The van der Waals surface area contributed by atoms with Crippen LogP contribution in [0.15, 0.2) is 36.4 Å². The molecule has 138 valence electrons. The molecule has 0 aromatic heterocycles. The number of hydrogen-bond acceptors (Lipinski definition) is 3. The Labute approximate surface area is 157 Å². The molecule has 0 amide bonds. The van der Waals surface area contributed by atoms with E-state index in [0.29, 0.717) is 11.3 Å². The maximum Gasteiger partial charge on any atom is 0.317 e. The first-order valence-corrected chi connectivity index (χ1v) is 8.88. The fraction of sp³-hybridized carbons (Fsp3) is 0.318. The number of nitrogens with zero attached hydrogens (tertiary/aromatic N) is 1. The minimum absolute atomic E-state index is 0.113. The molecule has 1 aliphatic heterocycles. The van der Waals surface area contributed by atoms with E-state index in [1.54, 1.807) is 12.1 Å². The molecule has 1 fully saturated rings. The molecule has 5 heteroatoms. The summed E-state index contributed by atoms with van der Waals surface area (Å²) in [6.07, 6.45) is 1.93. The van der Waals surface area contributed by atoms with Crippen molar-refractivity contribution in [3.8, 4) is 17.6 Å². The number of hydrogen-bond donors (Lipinski definition) is 1. The first-order chi connectivity index (χ1) is 13.0. The first-order valence-electron chi connectivity index (χ1n) is 8.88. The molecule has 1 spiro atoms. The minimum Gasteiger partial charge on any atom is -0.497 e. The highest BCUT2D eigenvalue weighted by Gasteiger charge is 2.47. The molecule has 2 aromatic rings. The first kappa shape index (κ1) is 17.6. The van der Waals surface area contributed by atoms with Crippen LogP contribution < -0.4 is 4.74 Å². The van der Waals surface area contributed by atoms with E-state index < -0.39 is 11.8 Å². The van der Waals surface area contributed by atoms with Crippen molar-refractivity contribution in [2.24, 2.45) is 5.41 Å². The molecule has 0 bridgehead atoms. The Hall–Kier alpha value is -2.84. The summed E-state index contributed by atoms with van der Waals surface area (Å²) in [5.41, 5.74) is 3.96. The van der Waals surface area contributed by atoms with Crippen LogP contribution in [0.5, 0.6) is 5.75 Å². The van der Waals surface area contributed by atoms with Crippen LogP contribution in [0.1, 0.15) is 22.3 Å². The van der Waals surface area contributed by atoms with Crippen LogP contribution in [0.2, 0.25) is 0 Å². The van der Waals surface area contributed by atoms with Gasteiger partial charge in [0.05, 0.1) is 19.2 Å². The zero-order chi connectivity index (χ0) is 19.0. The standard InChI is InChI=1S/C22H20FNO3/c1-27-19-7-6-16(20(23)9-19)4-2-15-3-5-17-10-22(11-18(17)8-15)13-24(14-22)12-21(25)26/h3,5-9H,10-14H2,1H3,(H,25,26). The van der Waals surface area contributed by atoms with Gasteiger partial charge in [-0.15, -0.1) is 0 Å². The summed E-state index contributed by atoms with van der Waals surface area (Å²) < 4.78 is 19.0. The van der Waals surface area contributed by atoms with Gasteiger partial charge in [-0.2, -0.15) is 0 Å². The van der Waals surface area contributed by atoms with Crippen molar-refractivity contribution >= 4 is 5.97 Å². The van der Waals surface area contributed by atoms with Gasteiger partial charge in [-0.05, 0) is 48.2 Å². The van der Waals surface area contributed by atoms with Crippen molar-refractivity contribution in [1.82, 2.24) is 4.90 Å². The summed E-state index contributed by atoms with van der Waals surface area (Å²) >= 11 is 0. The van der Waals surface area contributed by atoms with Gasteiger partial charge in [-0.1, -0.05) is 17.9 Å². The number of rotatable bonds is 3. The lowest BCUT2D eigenvalue weighted by Crippen LogP contribution is -2.58. The van der Waals surface area contributed by atoms with E-state index in [1.807, 2.05) is 11.0 Å². The molecule has 4 rings (SSSR count). The maximum atomic E-state index is 14.0. The molecule has 2 aliphatic rings. The lowest BCUT2D eigenvalue weighted by atomic mass is 9.77. The fourth-order valence-electron chi connectivity index (χ4n) is 4.20. The third-order valence-electron chi connectivity index (χ3n) is 5.33. The van der Waals surface area contributed by atoms with Crippen molar-refractivity contribution in [2.75, 3.05) is 26.7 Å². The summed E-state index contributed by atoms with van der Waals surface area (Å²) in [6, 6.07) is 10.8. The number of fused-ring (bicyclic) bond motifs is 1. The summed E-state index contributed by atoms with van der Waals surface area (Å²) in [5, 5.41) is 8.90. The lowest BCUT2D eigenvalue weighted by Gasteiger charge is -2.47. The second kappa shape index (κ2) is 6.71. The molecule has 0 atom stereocenters. The maximum absolute atomic E-state index is 14.0. The van der Waals surface area contributed by atoms with Gasteiger partial charge in [0.25, 0.3) is 0 Å². The smallest absolute Gasteiger partial charge is 0.317 e. The summed E-state index contributed by atoms with van der Waals surface area (Å²) in [6.45, 7) is 1.76. The molecule has 1 heterocycles. The Bertz CT molecular complexity index is 967. The normalized spacial score (nSPS) is 17.0. The highest BCUT2D eigenvalue weighted by molar-refractivity contribution is 5.69. The fourth-order valence-corrected chi connectivity index (χ4v) is 4.20. The summed E-state index contributed by atoms with van der Waals surface area (Å²) in [4.78, 5) is 12.8. The van der Waals surface area contributed by atoms with Crippen molar-refractivity contribution in [2.45, 2.75) is 12.8 Å². The SMILES string of the molecule is COc1ccc(C#Cc2ccc3c(c2)CC2(C3)CN(CC(=O)O)C2)c(F)c1. The molecule has 2 aromatic carbocycles. The van der Waals surface area contributed by atoms with Gasteiger partial charge in [0.2, 0.25) is 0 Å². The van der Waals surface area contributed by atoms with E-state index in [4.69, 9.17) is 9.84 Å².